The number of hydrogen-bond acceptors (Lipinski definition) is 3. The molecule has 3 aliphatic rings. The third-order valence-electron chi connectivity index (χ3n) is 3.52. The zero-order valence-electron chi connectivity index (χ0n) is 7.52. The normalized spacial score (nSPS) is 38.3. The van der Waals surface area contributed by atoms with Crippen LogP contribution < -0.4 is 5.76 Å². The van der Waals surface area contributed by atoms with Crippen LogP contribution in [0, 0.1) is 5.41 Å². The molecule has 1 aromatic heterocycles. The van der Waals surface area contributed by atoms with Gasteiger partial charge in [-0.15, -0.1) is 5.10 Å². The number of halogens is 3. The highest BCUT2D eigenvalue weighted by Crippen LogP contribution is 2.78. The molecule has 2 bridgehead atoms. The second kappa shape index (κ2) is 2.12. The summed E-state index contributed by atoms with van der Waals surface area (Å²) in [5.41, 5.74) is -2.17. The van der Waals surface area contributed by atoms with Gasteiger partial charge in [0.15, 0.2) is 0 Å². The van der Waals surface area contributed by atoms with Crippen LogP contribution in [0.25, 0.3) is 0 Å². The zero-order chi connectivity index (χ0) is 10.9. The van der Waals surface area contributed by atoms with E-state index in [9.17, 15) is 18.0 Å². The Balaban J connectivity index is 1.84. The molecule has 4 nitrogen and oxygen atoms in total. The van der Waals surface area contributed by atoms with Crippen molar-refractivity contribution >= 4 is 0 Å². The molecule has 3 fully saturated rings. The minimum Gasteiger partial charge on any atom is -0.392 e. The summed E-state index contributed by atoms with van der Waals surface area (Å²) in [4.78, 5) is 10.7. The summed E-state index contributed by atoms with van der Waals surface area (Å²) in [7, 11) is 0. The lowest BCUT2D eigenvalue weighted by molar-refractivity contribution is -0.340. The second-order valence-corrected chi connectivity index (χ2v) is 4.51. The summed E-state index contributed by atoms with van der Waals surface area (Å²) in [5, 5.41) is 5.65. The SMILES string of the molecule is O=c1[nH]nc(C23CC(C(F)(F)F)(C2)C3)o1. The molecule has 0 saturated heterocycles. The van der Waals surface area contributed by atoms with E-state index in [4.69, 9.17) is 4.42 Å². The van der Waals surface area contributed by atoms with Crippen molar-refractivity contribution in [2.24, 2.45) is 5.41 Å². The van der Waals surface area contributed by atoms with Crippen LogP contribution in [0.4, 0.5) is 13.2 Å². The fraction of sp³-hybridized carbons (Fsp3) is 0.750. The lowest BCUT2D eigenvalue weighted by Crippen LogP contribution is -2.70. The third kappa shape index (κ3) is 0.883. The van der Waals surface area contributed by atoms with Crippen LogP contribution in [0.1, 0.15) is 25.2 Å². The van der Waals surface area contributed by atoms with Gasteiger partial charge in [0.05, 0.1) is 10.8 Å². The molecular weight excluding hydrogens is 213 g/mol. The number of aromatic nitrogens is 2. The van der Waals surface area contributed by atoms with E-state index in [1.54, 1.807) is 0 Å². The van der Waals surface area contributed by atoms with Crippen molar-refractivity contribution in [2.75, 3.05) is 0 Å². The van der Waals surface area contributed by atoms with E-state index in [0.29, 0.717) is 0 Å². The van der Waals surface area contributed by atoms with E-state index < -0.39 is 22.8 Å². The van der Waals surface area contributed by atoms with E-state index in [0.717, 1.165) is 0 Å². The molecule has 4 rings (SSSR count). The summed E-state index contributed by atoms with van der Waals surface area (Å²) in [6.45, 7) is 0. The maximum atomic E-state index is 12.5. The molecule has 82 valence electrons. The van der Waals surface area contributed by atoms with Gasteiger partial charge in [-0.25, -0.2) is 9.89 Å². The van der Waals surface area contributed by atoms with Gasteiger partial charge in [-0.2, -0.15) is 13.2 Å². The molecule has 15 heavy (non-hydrogen) atoms. The van der Waals surface area contributed by atoms with E-state index in [2.05, 4.69) is 10.2 Å². The zero-order valence-corrected chi connectivity index (χ0v) is 7.52. The molecule has 3 saturated carbocycles. The minimum absolute atomic E-state index is 0.00269. The Hall–Kier alpha value is -1.27. The predicted octanol–water partition coefficient (Wildman–Crippen LogP) is 1.35. The summed E-state index contributed by atoms with van der Waals surface area (Å²) >= 11 is 0. The first-order chi connectivity index (χ1) is 6.87. The molecule has 0 aliphatic heterocycles. The molecule has 1 heterocycles. The Bertz CT molecular complexity index is 453. The molecule has 0 unspecified atom stereocenters. The lowest BCUT2D eigenvalue weighted by Gasteiger charge is -2.68. The van der Waals surface area contributed by atoms with Crippen LogP contribution in [0.15, 0.2) is 9.21 Å². The van der Waals surface area contributed by atoms with Crippen LogP contribution >= 0.6 is 0 Å². The Morgan fingerprint density at radius 1 is 1.33 bits per heavy atom. The standard InChI is InChI=1S/C8H7F3N2O2/c9-8(10,11)7-1-6(2-7,3-7)4-12-13-5(14)15-4/h1-3H2,(H,13,14). The van der Waals surface area contributed by atoms with E-state index in [-0.39, 0.29) is 25.2 Å². The maximum Gasteiger partial charge on any atom is 0.434 e. The van der Waals surface area contributed by atoms with E-state index in [1.807, 2.05) is 0 Å². The molecule has 1 aromatic rings. The smallest absolute Gasteiger partial charge is 0.392 e. The maximum absolute atomic E-state index is 12.5. The number of nitrogens with zero attached hydrogens (tertiary/aromatic N) is 1. The van der Waals surface area contributed by atoms with Crippen molar-refractivity contribution in [1.29, 1.82) is 0 Å². The predicted molar refractivity (Wildman–Crippen MR) is 41.1 cm³/mol. The van der Waals surface area contributed by atoms with Gasteiger partial charge in [0.2, 0.25) is 5.89 Å². The van der Waals surface area contributed by atoms with Crippen molar-refractivity contribution < 1.29 is 17.6 Å². The van der Waals surface area contributed by atoms with Crippen LogP contribution in [0.2, 0.25) is 0 Å². The van der Waals surface area contributed by atoms with Crippen LogP contribution in [0.5, 0.6) is 0 Å². The number of nitrogens with one attached hydrogen (secondary N) is 1. The molecule has 0 atom stereocenters. The highest BCUT2D eigenvalue weighted by Gasteiger charge is 2.80. The molecule has 0 spiro atoms. The second-order valence-electron chi connectivity index (χ2n) is 4.51. The van der Waals surface area contributed by atoms with E-state index in [1.165, 1.54) is 0 Å². The molecule has 0 amide bonds. The Morgan fingerprint density at radius 2 is 1.93 bits per heavy atom. The minimum atomic E-state index is -4.15. The molecule has 7 heteroatoms. The van der Waals surface area contributed by atoms with Crippen LogP contribution in [0.3, 0.4) is 0 Å². The average molecular weight is 220 g/mol. The van der Waals surface area contributed by atoms with Gasteiger partial charge in [-0.3, -0.25) is 0 Å². The van der Waals surface area contributed by atoms with Crippen LogP contribution in [-0.2, 0) is 5.41 Å². The quantitative estimate of drug-likeness (QED) is 0.777. The number of H-pyrrole nitrogens is 1. The molecular formula is C8H7F3N2O2. The number of rotatable bonds is 1. The van der Waals surface area contributed by atoms with Gasteiger partial charge in [0.25, 0.3) is 0 Å². The first-order valence-corrected chi connectivity index (χ1v) is 4.50. The van der Waals surface area contributed by atoms with Gasteiger partial charge in [-0.1, -0.05) is 0 Å². The van der Waals surface area contributed by atoms with Gasteiger partial charge in [-0.05, 0) is 19.3 Å². The molecule has 0 radical (unpaired) electrons. The third-order valence-corrected chi connectivity index (χ3v) is 3.52. The Labute approximate surface area is 81.5 Å². The Kier molecular flexibility index (Phi) is 1.27. The van der Waals surface area contributed by atoms with E-state index >= 15 is 0 Å². The van der Waals surface area contributed by atoms with Gasteiger partial charge >= 0.3 is 11.9 Å². The molecule has 0 aromatic carbocycles. The van der Waals surface area contributed by atoms with Crippen molar-refractivity contribution in [2.45, 2.75) is 30.9 Å². The summed E-state index contributed by atoms with van der Waals surface area (Å²) in [6.07, 6.45) is -4.16. The fourth-order valence-electron chi connectivity index (χ4n) is 2.77. The largest absolute Gasteiger partial charge is 0.434 e. The van der Waals surface area contributed by atoms with Crippen molar-refractivity contribution in [3.8, 4) is 0 Å². The number of aromatic amines is 1. The van der Waals surface area contributed by atoms with Gasteiger partial charge < -0.3 is 4.42 Å². The van der Waals surface area contributed by atoms with Crippen molar-refractivity contribution in [3.63, 3.8) is 0 Å². The first kappa shape index (κ1) is 8.99. The van der Waals surface area contributed by atoms with Gasteiger partial charge in [0.1, 0.15) is 0 Å². The van der Waals surface area contributed by atoms with Crippen molar-refractivity contribution in [3.05, 3.63) is 16.4 Å². The number of hydrogen-bond donors (Lipinski definition) is 1. The first-order valence-electron chi connectivity index (χ1n) is 4.50. The molecule has 1 N–H and O–H groups in total. The highest BCUT2D eigenvalue weighted by atomic mass is 19.4. The summed E-state index contributed by atoms with van der Waals surface area (Å²) < 4.78 is 42.2. The highest BCUT2D eigenvalue weighted by molar-refractivity contribution is 5.30. The average Bonchev–Trinajstić information content (AvgIpc) is 2.25. The van der Waals surface area contributed by atoms with Crippen LogP contribution in [-0.4, -0.2) is 16.4 Å². The van der Waals surface area contributed by atoms with Crippen molar-refractivity contribution in [1.82, 2.24) is 10.2 Å². The fourth-order valence-corrected chi connectivity index (χ4v) is 2.77. The Morgan fingerprint density at radius 3 is 2.33 bits per heavy atom. The summed E-state index contributed by atoms with van der Waals surface area (Å²) in [5.74, 6) is -0.589. The van der Waals surface area contributed by atoms with Gasteiger partial charge in [0, 0.05) is 0 Å². The topological polar surface area (TPSA) is 58.9 Å². The summed E-state index contributed by atoms with van der Waals surface area (Å²) in [6, 6.07) is 0. The monoisotopic (exact) mass is 220 g/mol. The number of alkyl halides is 3. The lowest BCUT2D eigenvalue weighted by atomic mass is 9.34. The molecule has 3 aliphatic carbocycles.